The van der Waals surface area contributed by atoms with Gasteiger partial charge in [0.25, 0.3) is 0 Å². The minimum absolute atomic E-state index is 0.687. The van der Waals surface area contributed by atoms with Gasteiger partial charge in [-0.15, -0.1) is 5.10 Å². The Morgan fingerprint density at radius 3 is 3.00 bits per heavy atom. The number of anilines is 1. The first-order valence-corrected chi connectivity index (χ1v) is 5.85. The quantitative estimate of drug-likeness (QED) is 0.905. The highest BCUT2D eigenvalue weighted by Crippen LogP contribution is 2.23. The van der Waals surface area contributed by atoms with Gasteiger partial charge in [-0.25, -0.2) is 4.98 Å². The second kappa shape index (κ2) is 4.20. The fourth-order valence-corrected chi connectivity index (χ4v) is 2.28. The summed E-state index contributed by atoms with van der Waals surface area (Å²) in [5, 5.41) is 7.90. The molecule has 0 unspecified atom stereocenters. The maximum Gasteiger partial charge on any atom is 0.184 e. The van der Waals surface area contributed by atoms with E-state index >= 15 is 0 Å². The summed E-state index contributed by atoms with van der Waals surface area (Å²) in [4.78, 5) is 5.21. The number of thiazole rings is 1. The first-order chi connectivity index (χ1) is 6.75. The molecule has 7 heteroatoms. The number of rotatable bonds is 3. The van der Waals surface area contributed by atoms with Crippen molar-refractivity contribution < 1.29 is 0 Å². The molecule has 4 nitrogen and oxygen atoms in total. The molecular weight excluding hydrogens is 240 g/mol. The van der Waals surface area contributed by atoms with Gasteiger partial charge in [0.05, 0.1) is 23.3 Å². The van der Waals surface area contributed by atoms with E-state index in [-0.39, 0.29) is 0 Å². The molecule has 0 spiro atoms. The zero-order chi connectivity index (χ0) is 9.97. The maximum absolute atomic E-state index is 5.75. The van der Waals surface area contributed by atoms with Gasteiger partial charge in [-0.3, -0.25) is 0 Å². The normalized spacial score (nSPS) is 10.4. The second-order valence-corrected chi connectivity index (χ2v) is 5.11. The first-order valence-electron chi connectivity index (χ1n) is 3.89. The van der Waals surface area contributed by atoms with Gasteiger partial charge in [0.1, 0.15) is 4.34 Å². The molecule has 2 aromatic rings. The summed E-state index contributed by atoms with van der Waals surface area (Å²) < 4.78 is 4.53. The van der Waals surface area contributed by atoms with Gasteiger partial charge in [0.2, 0.25) is 0 Å². The summed E-state index contributed by atoms with van der Waals surface area (Å²) >= 11 is 8.56. The van der Waals surface area contributed by atoms with Crippen LogP contribution in [-0.2, 0) is 6.54 Å². The molecule has 0 aliphatic carbocycles. The fraction of sp³-hybridized carbons (Fsp3) is 0.286. The Morgan fingerprint density at radius 1 is 1.57 bits per heavy atom. The van der Waals surface area contributed by atoms with Crippen LogP contribution in [-0.4, -0.2) is 14.6 Å². The molecule has 0 atom stereocenters. The molecule has 2 aromatic heterocycles. The predicted molar refractivity (Wildman–Crippen MR) is 59.1 cm³/mol. The number of nitrogens with one attached hydrogen (secondary N) is 1. The van der Waals surface area contributed by atoms with Crippen LogP contribution < -0.4 is 5.32 Å². The van der Waals surface area contributed by atoms with Gasteiger partial charge in [0.15, 0.2) is 5.13 Å². The summed E-state index contributed by atoms with van der Waals surface area (Å²) in [6.07, 6.45) is 1.63. The fourth-order valence-electron chi connectivity index (χ4n) is 0.905. The van der Waals surface area contributed by atoms with Crippen LogP contribution in [0.25, 0.3) is 0 Å². The Labute approximate surface area is 94.1 Å². The minimum atomic E-state index is 0.687. The van der Waals surface area contributed by atoms with Gasteiger partial charge in [-0.05, 0) is 18.5 Å². The molecular formula is C7H7ClN4S2. The van der Waals surface area contributed by atoms with E-state index in [1.807, 2.05) is 6.92 Å². The van der Waals surface area contributed by atoms with Gasteiger partial charge in [-0.1, -0.05) is 27.4 Å². The average Bonchev–Trinajstić information content (AvgIpc) is 2.72. The topological polar surface area (TPSA) is 50.7 Å². The molecule has 0 aromatic carbocycles. The third-order valence-electron chi connectivity index (χ3n) is 1.62. The summed E-state index contributed by atoms with van der Waals surface area (Å²) in [7, 11) is 0. The Kier molecular flexibility index (Phi) is 2.95. The second-order valence-electron chi connectivity index (χ2n) is 2.60. The molecule has 1 N–H and O–H groups in total. The van der Waals surface area contributed by atoms with Gasteiger partial charge in [0, 0.05) is 0 Å². The maximum atomic E-state index is 5.75. The summed E-state index contributed by atoms with van der Waals surface area (Å²) in [5.41, 5.74) is 0.963. The number of hydrogen-bond acceptors (Lipinski definition) is 6. The lowest BCUT2D eigenvalue weighted by Crippen LogP contribution is -1.97. The number of aryl methyl sites for hydroxylation is 1. The van der Waals surface area contributed by atoms with E-state index in [1.165, 1.54) is 22.9 Å². The van der Waals surface area contributed by atoms with Gasteiger partial charge >= 0.3 is 0 Å². The van der Waals surface area contributed by atoms with Crippen molar-refractivity contribution in [3.63, 3.8) is 0 Å². The molecule has 0 aliphatic rings. The number of hydrogen-bond donors (Lipinski definition) is 1. The van der Waals surface area contributed by atoms with Crippen LogP contribution in [0, 0.1) is 6.92 Å². The van der Waals surface area contributed by atoms with Crippen LogP contribution in [0.4, 0.5) is 5.13 Å². The summed E-state index contributed by atoms with van der Waals surface area (Å²) in [5.74, 6) is 0. The third-order valence-corrected chi connectivity index (χ3v) is 3.52. The Balaban J connectivity index is 1.98. The molecule has 74 valence electrons. The Morgan fingerprint density at radius 2 is 2.43 bits per heavy atom. The number of nitrogens with zero attached hydrogens (tertiary/aromatic N) is 3. The molecule has 0 radical (unpaired) electrons. The third kappa shape index (κ3) is 2.20. The van der Waals surface area contributed by atoms with Crippen molar-refractivity contribution in [3.05, 3.63) is 21.1 Å². The SMILES string of the molecule is Cc1nnsc1CNc1ncc(Cl)s1. The highest BCUT2D eigenvalue weighted by atomic mass is 35.5. The highest BCUT2D eigenvalue weighted by molar-refractivity contribution is 7.19. The lowest BCUT2D eigenvalue weighted by atomic mass is 10.4. The van der Waals surface area contributed by atoms with Crippen molar-refractivity contribution in [2.75, 3.05) is 5.32 Å². The van der Waals surface area contributed by atoms with Crippen molar-refractivity contribution in [1.29, 1.82) is 0 Å². The molecule has 0 amide bonds. The van der Waals surface area contributed by atoms with E-state index in [9.17, 15) is 0 Å². The number of aromatic nitrogens is 3. The molecule has 0 bridgehead atoms. The molecule has 0 saturated carbocycles. The molecule has 2 rings (SSSR count). The lowest BCUT2D eigenvalue weighted by Gasteiger charge is -1.98. The van der Waals surface area contributed by atoms with Crippen molar-refractivity contribution in [3.8, 4) is 0 Å². The Hall–Kier alpha value is -0.720. The lowest BCUT2D eigenvalue weighted by molar-refractivity contribution is 1.05. The summed E-state index contributed by atoms with van der Waals surface area (Å²) in [6, 6.07) is 0. The largest absolute Gasteiger partial charge is 0.356 e. The van der Waals surface area contributed by atoms with E-state index in [4.69, 9.17) is 11.6 Å². The Bertz CT molecular complexity index is 425. The van der Waals surface area contributed by atoms with Crippen molar-refractivity contribution in [2.24, 2.45) is 0 Å². The number of halogens is 1. The van der Waals surface area contributed by atoms with Crippen molar-refractivity contribution in [1.82, 2.24) is 14.6 Å². The first kappa shape index (κ1) is 9.82. The van der Waals surface area contributed by atoms with Crippen LogP contribution in [0.2, 0.25) is 4.34 Å². The molecule has 14 heavy (non-hydrogen) atoms. The molecule has 0 saturated heterocycles. The van der Waals surface area contributed by atoms with Crippen LogP contribution in [0.3, 0.4) is 0 Å². The zero-order valence-corrected chi connectivity index (χ0v) is 9.71. The van der Waals surface area contributed by atoms with Crippen LogP contribution in [0.5, 0.6) is 0 Å². The smallest absolute Gasteiger partial charge is 0.184 e. The van der Waals surface area contributed by atoms with Crippen LogP contribution >= 0.6 is 34.5 Å². The predicted octanol–water partition coefficient (Wildman–Crippen LogP) is 2.57. The monoisotopic (exact) mass is 246 g/mol. The van der Waals surface area contributed by atoms with Crippen molar-refractivity contribution >= 4 is 39.6 Å². The van der Waals surface area contributed by atoms with E-state index < -0.39 is 0 Å². The standard InChI is InChI=1S/C7H7ClN4S2/c1-4-5(14-12-11-4)2-9-7-10-3-6(8)13-7/h3H,2H2,1H3,(H,9,10). The summed E-state index contributed by atoms with van der Waals surface area (Å²) in [6.45, 7) is 2.64. The van der Waals surface area contributed by atoms with E-state index in [2.05, 4.69) is 19.9 Å². The minimum Gasteiger partial charge on any atom is -0.356 e. The molecule has 0 aliphatic heterocycles. The van der Waals surface area contributed by atoms with E-state index in [0.717, 1.165) is 15.7 Å². The van der Waals surface area contributed by atoms with Crippen LogP contribution in [0.1, 0.15) is 10.6 Å². The van der Waals surface area contributed by atoms with Gasteiger partial charge in [-0.2, -0.15) is 0 Å². The average molecular weight is 247 g/mol. The van der Waals surface area contributed by atoms with E-state index in [0.29, 0.717) is 10.9 Å². The highest BCUT2D eigenvalue weighted by Gasteiger charge is 2.04. The van der Waals surface area contributed by atoms with Crippen LogP contribution in [0.15, 0.2) is 6.20 Å². The van der Waals surface area contributed by atoms with E-state index in [1.54, 1.807) is 6.20 Å². The van der Waals surface area contributed by atoms with Crippen molar-refractivity contribution in [2.45, 2.75) is 13.5 Å². The molecule has 2 heterocycles. The molecule has 0 fully saturated rings. The van der Waals surface area contributed by atoms with Gasteiger partial charge < -0.3 is 5.32 Å². The zero-order valence-electron chi connectivity index (χ0n) is 7.32.